The zero-order valence-electron chi connectivity index (χ0n) is 12.0. The van der Waals surface area contributed by atoms with Crippen LogP contribution in [0.1, 0.15) is 44.8 Å². The van der Waals surface area contributed by atoms with Gasteiger partial charge in [-0.2, -0.15) is 0 Å². The summed E-state index contributed by atoms with van der Waals surface area (Å²) in [5.74, 6) is 0. The van der Waals surface area contributed by atoms with Gasteiger partial charge in [-0.05, 0) is 31.0 Å². The summed E-state index contributed by atoms with van der Waals surface area (Å²) < 4.78 is 0. The van der Waals surface area contributed by atoms with E-state index in [4.69, 9.17) is 0 Å². The number of aliphatic hydroxyl groups is 1. The lowest BCUT2D eigenvalue weighted by Gasteiger charge is -2.18. The molecule has 1 unspecified atom stereocenters. The minimum atomic E-state index is -0.529. The molecule has 1 rings (SSSR count). The van der Waals surface area contributed by atoms with Crippen LogP contribution in [-0.4, -0.2) is 29.6 Å². The highest BCUT2D eigenvalue weighted by atomic mass is 16.3. The van der Waals surface area contributed by atoms with Gasteiger partial charge in [0.05, 0.1) is 6.10 Å². The maximum Gasteiger partial charge on any atom is 0.321 e. The molecule has 4 heteroatoms. The van der Waals surface area contributed by atoms with Gasteiger partial charge in [0.2, 0.25) is 0 Å². The van der Waals surface area contributed by atoms with Crippen LogP contribution in [0.15, 0.2) is 24.3 Å². The first kappa shape index (κ1) is 15.5. The van der Waals surface area contributed by atoms with E-state index in [0.717, 1.165) is 31.4 Å². The molecular weight excluding hydrogens is 240 g/mol. The second-order valence-corrected chi connectivity index (χ2v) is 4.86. The van der Waals surface area contributed by atoms with Crippen molar-refractivity contribution in [2.24, 2.45) is 0 Å². The maximum absolute atomic E-state index is 11.9. The molecule has 4 nitrogen and oxygen atoms in total. The van der Waals surface area contributed by atoms with E-state index in [2.05, 4.69) is 12.2 Å². The molecule has 0 aliphatic heterocycles. The lowest BCUT2D eigenvalue weighted by atomic mass is 10.1. The van der Waals surface area contributed by atoms with Crippen molar-refractivity contribution in [3.8, 4) is 0 Å². The summed E-state index contributed by atoms with van der Waals surface area (Å²) in [5.41, 5.74) is 1.51. The summed E-state index contributed by atoms with van der Waals surface area (Å²) in [6, 6.07) is 7.17. The minimum absolute atomic E-state index is 0.112. The van der Waals surface area contributed by atoms with Gasteiger partial charge in [0.15, 0.2) is 0 Å². The lowest BCUT2D eigenvalue weighted by Crippen LogP contribution is -2.32. The molecule has 2 amide bonds. The molecule has 1 aromatic rings. The van der Waals surface area contributed by atoms with E-state index in [-0.39, 0.29) is 6.03 Å². The van der Waals surface area contributed by atoms with E-state index in [9.17, 15) is 9.90 Å². The molecule has 0 aromatic heterocycles. The van der Waals surface area contributed by atoms with Gasteiger partial charge in [0, 0.05) is 19.3 Å². The normalized spacial score (nSPS) is 12.0. The van der Waals surface area contributed by atoms with Gasteiger partial charge in [-0.25, -0.2) is 4.79 Å². The van der Waals surface area contributed by atoms with Crippen LogP contribution in [0, 0.1) is 0 Å². The summed E-state index contributed by atoms with van der Waals surface area (Å²) in [6.45, 7) is 4.61. The molecule has 0 radical (unpaired) electrons. The number of nitrogens with zero attached hydrogens (tertiary/aromatic N) is 1. The van der Waals surface area contributed by atoms with Gasteiger partial charge in [-0.1, -0.05) is 31.9 Å². The van der Waals surface area contributed by atoms with Crippen LogP contribution in [0.4, 0.5) is 10.5 Å². The molecule has 1 atom stereocenters. The van der Waals surface area contributed by atoms with Crippen LogP contribution in [0.3, 0.4) is 0 Å². The van der Waals surface area contributed by atoms with Crippen LogP contribution in [-0.2, 0) is 0 Å². The molecule has 2 N–H and O–H groups in total. The Kier molecular flexibility index (Phi) is 6.36. The molecule has 0 aliphatic carbocycles. The number of hydrogen-bond acceptors (Lipinski definition) is 2. The van der Waals surface area contributed by atoms with Crippen LogP contribution >= 0.6 is 0 Å². The molecule has 0 aliphatic rings. The van der Waals surface area contributed by atoms with E-state index in [1.807, 2.05) is 18.2 Å². The molecule has 19 heavy (non-hydrogen) atoms. The number of carbonyl (C=O) groups is 1. The van der Waals surface area contributed by atoms with Gasteiger partial charge in [0.25, 0.3) is 0 Å². The van der Waals surface area contributed by atoms with Crippen LogP contribution < -0.4 is 5.32 Å². The summed E-state index contributed by atoms with van der Waals surface area (Å²) in [5, 5.41) is 12.4. The van der Waals surface area contributed by atoms with Crippen LogP contribution in [0.2, 0.25) is 0 Å². The largest absolute Gasteiger partial charge is 0.389 e. The predicted molar refractivity (Wildman–Crippen MR) is 78.2 cm³/mol. The van der Waals surface area contributed by atoms with Crippen molar-refractivity contribution in [3.63, 3.8) is 0 Å². The van der Waals surface area contributed by atoms with Crippen molar-refractivity contribution in [3.05, 3.63) is 29.8 Å². The Morgan fingerprint density at radius 1 is 1.42 bits per heavy atom. The fraction of sp³-hybridized carbons (Fsp3) is 0.533. The topological polar surface area (TPSA) is 52.6 Å². The SMILES string of the molecule is CCCCCN(C)C(=O)Nc1cccc(C(C)O)c1. The molecule has 106 valence electrons. The summed E-state index contributed by atoms with van der Waals surface area (Å²) in [6.07, 6.45) is 2.77. The van der Waals surface area contributed by atoms with Crippen molar-refractivity contribution in [1.82, 2.24) is 4.90 Å². The highest BCUT2D eigenvalue weighted by Gasteiger charge is 2.09. The monoisotopic (exact) mass is 264 g/mol. The number of nitrogens with one attached hydrogen (secondary N) is 1. The average molecular weight is 264 g/mol. The van der Waals surface area contributed by atoms with E-state index in [1.165, 1.54) is 0 Å². The lowest BCUT2D eigenvalue weighted by molar-refractivity contribution is 0.199. The molecule has 0 bridgehead atoms. The van der Waals surface area contributed by atoms with Crippen molar-refractivity contribution in [2.75, 3.05) is 18.9 Å². The number of rotatable bonds is 6. The second-order valence-electron chi connectivity index (χ2n) is 4.86. The fourth-order valence-corrected chi connectivity index (χ4v) is 1.80. The van der Waals surface area contributed by atoms with Crippen molar-refractivity contribution in [2.45, 2.75) is 39.2 Å². The minimum Gasteiger partial charge on any atom is -0.389 e. The Morgan fingerprint density at radius 3 is 2.79 bits per heavy atom. The zero-order valence-corrected chi connectivity index (χ0v) is 12.0. The van der Waals surface area contributed by atoms with Crippen LogP contribution in [0.5, 0.6) is 0 Å². The Labute approximate surface area is 115 Å². The Balaban J connectivity index is 2.54. The smallest absolute Gasteiger partial charge is 0.321 e. The van der Waals surface area contributed by atoms with E-state index in [0.29, 0.717) is 5.69 Å². The summed E-state index contributed by atoms with van der Waals surface area (Å²) >= 11 is 0. The number of benzene rings is 1. The molecule has 0 fully saturated rings. The van der Waals surface area contributed by atoms with Gasteiger partial charge in [0.1, 0.15) is 0 Å². The molecule has 1 aromatic carbocycles. The van der Waals surface area contributed by atoms with E-state index in [1.54, 1.807) is 24.9 Å². The number of amides is 2. The maximum atomic E-state index is 11.9. The third kappa shape index (κ3) is 5.30. The van der Waals surface area contributed by atoms with Crippen molar-refractivity contribution < 1.29 is 9.90 Å². The predicted octanol–water partition coefficient (Wildman–Crippen LogP) is 3.39. The zero-order chi connectivity index (χ0) is 14.3. The number of urea groups is 1. The van der Waals surface area contributed by atoms with Crippen LogP contribution in [0.25, 0.3) is 0 Å². The first-order valence-electron chi connectivity index (χ1n) is 6.84. The first-order chi connectivity index (χ1) is 9.04. The molecule has 0 saturated carbocycles. The fourth-order valence-electron chi connectivity index (χ4n) is 1.80. The number of unbranched alkanes of at least 4 members (excludes halogenated alkanes) is 2. The number of anilines is 1. The van der Waals surface area contributed by atoms with Gasteiger partial charge >= 0.3 is 6.03 Å². The third-order valence-corrected chi connectivity index (χ3v) is 3.06. The van der Waals surface area contributed by atoms with Gasteiger partial charge in [-0.15, -0.1) is 0 Å². The quantitative estimate of drug-likeness (QED) is 0.774. The average Bonchev–Trinajstić information content (AvgIpc) is 2.39. The first-order valence-corrected chi connectivity index (χ1v) is 6.84. The number of hydrogen-bond donors (Lipinski definition) is 2. The molecular formula is C15H24N2O2. The van der Waals surface area contributed by atoms with E-state index >= 15 is 0 Å². The highest BCUT2D eigenvalue weighted by Crippen LogP contribution is 2.17. The van der Waals surface area contributed by atoms with E-state index < -0.39 is 6.10 Å². The molecule has 0 spiro atoms. The highest BCUT2D eigenvalue weighted by molar-refractivity contribution is 5.89. The summed E-state index contributed by atoms with van der Waals surface area (Å²) in [4.78, 5) is 13.6. The standard InChI is InChI=1S/C15H24N2O2/c1-4-5-6-10-17(3)15(19)16-14-9-7-8-13(11-14)12(2)18/h7-9,11-12,18H,4-6,10H2,1-3H3,(H,16,19). The Morgan fingerprint density at radius 2 is 2.16 bits per heavy atom. The third-order valence-electron chi connectivity index (χ3n) is 3.06. The number of carbonyl (C=O) groups excluding carboxylic acids is 1. The number of aliphatic hydroxyl groups excluding tert-OH is 1. The van der Waals surface area contributed by atoms with Crippen molar-refractivity contribution in [1.29, 1.82) is 0 Å². The molecule has 0 saturated heterocycles. The van der Waals surface area contributed by atoms with Gasteiger partial charge in [-0.3, -0.25) is 0 Å². The summed E-state index contributed by atoms with van der Waals surface area (Å²) in [7, 11) is 1.80. The molecule has 0 heterocycles. The Bertz CT molecular complexity index is 405. The van der Waals surface area contributed by atoms with Gasteiger partial charge < -0.3 is 15.3 Å². The second kappa shape index (κ2) is 7.79. The van der Waals surface area contributed by atoms with Crippen molar-refractivity contribution >= 4 is 11.7 Å². The Hall–Kier alpha value is -1.55.